The van der Waals surface area contributed by atoms with Crippen molar-refractivity contribution in [3.05, 3.63) is 40.6 Å². The Balaban J connectivity index is 1.46. The van der Waals surface area contributed by atoms with Gasteiger partial charge in [0, 0.05) is 23.6 Å². The molecule has 0 radical (unpaired) electrons. The number of rotatable bonds is 4. The van der Waals surface area contributed by atoms with Crippen LogP contribution in [0.15, 0.2) is 28.8 Å². The Morgan fingerprint density at radius 3 is 2.58 bits per heavy atom. The summed E-state index contributed by atoms with van der Waals surface area (Å²) in [4.78, 5) is 13.1. The van der Waals surface area contributed by atoms with Crippen molar-refractivity contribution >= 4 is 17.6 Å². The molecule has 0 spiro atoms. The second kappa shape index (κ2) is 6.39. The van der Waals surface area contributed by atoms with Crippen molar-refractivity contribution < 1.29 is 14.1 Å². The zero-order chi connectivity index (χ0) is 17.7. The minimum Gasteiger partial charge on any atom is -0.459 e. The van der Waals surface area contributed by atoms with E-state index < -0.39 is 0 Å². The maximum Gasteiger partial charge on any atom is 0.344 e. The standard InChI is InChI=1S/C20H21ClN2O3/c21-16-4-2-1-3-15(16)18-17(19(26-23-18)11-5-6-11)20(24)25-14-9-12-7-8-13(10-14)22-12/h1-4,11-14,22H,5-10H2/t12-,13+,14+. The number of benzene rings is 1. The molecule has 2 aliphatic heterocycles. The van der Waals surface area contributed by atoms with Crippen molar-refractivity contribution in [1.82, 2.24) is 10.5 Å². The second-order valence-electron chi connectivity index (χ2n) is 7.66. The molecule has 3 fully saturated rings. The highest BCUT2D eigenvalue weighted by atomic mass is 35.5. The van der Waals surface area contributed by atoms with Gasteiger partial charge in [-0.2, -0.15) is 0 Å². The third kappa shape index (κ3) is 2.93. The third-order valence-electron chi connectivity index (χ3n) is 5.70. The number of halogens is 1. The first-order valence-corrected chi connectivity index (χ1v) is 9.78. The summed E-state index contributed by atoms with van der Waals surface area (Å²) < 4.78 is 11.5. The molecule has 1 saturated carbocycles. The maximum absolute atomic E-state index is 13.1. The molecule has 2 saturated heterocycles. The number of carbonyl (C=O) groups is 1. The van der Waals surface area contributed by atoms with E-state index in [2.05, 4.69) is 10.5 Å². The smallest absolute Gasteiger partial charge is 0.344 e. The van der Waals surface area contributed by atoms with Crippen LogP contribution in [0, 0.1) is 0 Å². The molecule has 5 nitrogen and oxygen atoms in total. The second-order valence-corrected chi connectivity index (χ2v) is 8.07. The normalized spacial score (nSPS) is 27.5. The fourth-order valence-electron chi connectivity index (χ4n) is 4.27. The lowest BCUT2D eigenvalue weighted by Crippen LogP contribution is -2.42. The summed E-state index contributed by atoms with van der Waals surface area (Å²) in [7, 11) is 0. The van der Waals surface area contributed by atoms with Crippen LogP contribution in [-0.2, 0) is 4.74 Å². The number of hydrogen-bond acceptors (Lipinski definition) is 5. The van der Waals surface area contributed by atoms with Gasteiger partial charge >= 0.3 is 5.97 Å². The molecule has 1 aliphatic carbocycles. The summed E-state index contributed by atoms with van der Waals surface area (Å²) in [6.07, 6.45) is 6.11. The fourth-order valence-corrected chi connectivity index (χ4v) is 4.50. The average molecular weight is 373 g/mol. The molecule has 26 heavy (non-hydrogen) atoms. The molecule has 3 atom stereocenters. The SMILES string of the molecule is O=C(O[C@H]1C[C@H]2CC[C@@H](C1)N2)c1c(-c2ccccc2Cl)noc1C1CC1. The van der Waals surface area contributed by atoms with Crippen LogP contribution in [0.3, 0.4) is 0 Å². The van der Waals surface area contributed by atoms with Gasteiger partial charge in [0.2, 0.25) is 0 Å². The zero-order valence-corrected chi connectivity index (χ0v) is 15.2. The first-order chi connectivity index (χ1) is 12.7. The summed E-state index contributed by atoms with van der Waals surface area (Å²) in [6, 6.07) is 8.34. The first-order valence-electron chi connectivity index (χ1n) is 9.40. The van der Waals surface area contributed by atoms with Crippen LogP contribution >= 0.6 is 11.6 Å². The van der Waals surface area contributed by atoms with E-state index in [9.17, 15) is 4.79 Å². The van der Waals surface area contributed by atoms with Gasteiger partial charge in [-0.1, -0.05) is 35.0 Å². The summed E-state index contributed by atoms with van der Waals surface area (Å²) in [5.74, 6) is 0.599. The van der Waals surface area contributed by atoms with Crippen LogP contribution in [0.1, 0.15) is 60.6 Å². The summed E-state index contributed by atoms with van der Waals surface area (Å²) >= 11 is 6.34. The molecular weight excluding hydrogens is 352 g/mol. The third-order valence-corrected chi connectivity index (χ3v) is 6.03. The van der Waals surface area contributed by atoms with Gasteiger partial charge in [0.1, 0.15) is 17.4 Å². The van der Waals surface area contributed by atoms with Gasteiger partial charge in [0.05, 0.1) is 5.02 Å². The van der Waals surface area contributed by atoms with Gasteiger partial charge in [-0.05, 0) is 44.6 Å². The number of carbonyl (C=O) groups excluding carboxylic acids is 1. The number of fused-ring (bicyclic) bond motifs is 2. The Bertz CT molecular complexity index is 833. The molecule has 3 aliphatic rings. The minimum atomic E-state index is -0.325. The molecule has 3 heterocycles. The van der Waals surface area contributed by atoms with Gasteiger partial charge in [0.25, 0.3) is 0 Å². The highest BCUT2D eigenvalue weighted by Crippen LogP contribution is 2.45. The number of nitrogens with zero attached hydrogens (tertiary/aromatic N) is 1. The van der Waals surface area contributed by atoms with Crippen LogP contribution in [0.25, 0.3) is 11.3 Å². The van der Waals surface area contributed by atoms with Crippen molar-refractivity contribution in [2.24, 2.45) is 0 Å². The van der Waals surface area contributed by atoms with E-state index in [0.29, 0.717) is 39.7 Å². The topological polar surface area (TPSA) is 64.4 Å². The highest BCUT2D eigenvalue weighted by Gasteiger charge is 2.39. The van der Waals surface area contributed by atoms with E-state index in [1.165, 1.54) is 12.8 Å². The van der Waals surface area contributed by atoms with Crippen molar-refractivity contribution in [3.63, 3.8) is 0 Å². The molecule has 136 valence electrons. The van der Waals surface area contributed by atoms with Crippen LogP contribution in [-0.4, -0.2) is 29.3 Å². The Hall–Kier alpha value is -1.85. The van der Waals surface area contributed by atoms with Gasteiger partial charge < -0.3 is 14.6 Å². The number of piperidine rings is 1. The van der Waals surface area contributed by atoms with Gasteiger partial charge in [-0.25, -0.2) is 4.79 Å². The number of nitrogens with one attached hydrogen (secondary N) is 1. The van der Waals surface area contributed by atoms with Crippen molar-refractivity contribution in [1.29, 1.82) is 0 Å². The monoisotopic (exact) mass is 372 g/mol. The Kier molecular flexibility index (Phi) is 4.02. The van der Waals surface area contributed by atoms with Crippen molar-refractivity contribution in [2.45, 2.75) is 62.6 Å². The molecular formula is C20H21ClN2O3. The summed E-state index contributed by atoms with van der Waals surface area (Å²) in [5.41, 5.74) is 1.67. The lowest BCUT2D eigenvalue weighted by atomic mass is 10.0. The molecule has 1 aromatic heterocycles. The summed E-state index contributed by atoms with van der Waals surface area (Å²) in [6.45, 7) is 0. The van der Waals surface area contributed by atoms with Gasteiger partial charge in [-0.3, -0.25) is 0 Å². The fraction of sp³-hybridized carbons (Fsp3) is 0.500. The maximum atomic E-state index is 13.1. The Labute approximate surface area is 157 Å². The van der Waals surface area contributed by atoms with E-state index in [-0.39, 0.29) is 18.0 Å². The summed E-state index contributed by atoms with van der Waals surface area (Å²) in [5, 5.41) is 8.32. The lowest BCUT2D eigenvalue weighted by molar-refractivity contribution is 0.0175. The first kappa shape index (κ1) is 16.3. The Morgan fingerprint density at radius 2 is 1.88 bits per heavy atom. The van der Waals surface area contributed by atoms with Crippen molar-refractivity contribution in [3.8, 4) is 11.3 Å². The molecule has 0 unspecified atom stereocenters. The van der Waals surface area contributed by atoms with E-state index in [1.807, 2.05) is 18.2 Å². The van der Waals surface area contributed by atoms with Crippen LogP contribution in [0.4, 0.5) is 0 Å². The molecule has 6 heteroatoms. The average Bonchev–Trinajstić information content (AvgIpc) is 3.29. The lowest BCUT2D eigenvalue weighted by Gasteiger charge is -2.28. The predicted octanol–water partition coefficient (Wildman–Crippen LogP) is 4.31. The molecule has 0 amide bonds. The largest absolute Gasteiger partial charge is 0.459 e. The molecule has 1 N–H and O–H groups in total. The van der Waals surface area contributed by atoms with E-state index in [4.69, 9.17) is 20.9 Å². The molecule has 1 aromatic carbocycles. The molecule has 2 bridgehead atoms. The van der Waals surface area contributed by atoms with Crippen LogP contribution in [0.5, 0.6) is 0 Å². The van der Waals surface area contributed by atoms with Crippen LogP contribution in [0.2, 0.25) is 5.02 Å². The van der Waals surface area contributed by atoms with Crippen molar-refractivity contribution in [2.75, 3.05) is 0 Å². The minimum absolute atomic E-state index is 0.0395. The number of hydrogen-bond donors (Lipinski definition) is 1. The van der Waals surface area contributed by atoms with Gasteiger partial charge in [-0.15, -0.1) is 0 Å². The quantitative estimate of drug-likeness (QED) is 0.810. The Morgan fingerprint density at radius 1 is 1.15 bits per heavy atom. The highest BCUT2D eigenvalue weighted by molar-refractivity contribution is 6.33. The van der Waals surface area contributed by atoms with Crippen LogP contribution < -0.4 is 5.32 Å². The number of ether oxygens (including phenoxy) is 1. The van der Waals surface area contributed by atoms with E-state index in [1.54, 1.807) is 6.07 Å². The number of esters is 1. The van der Waals surface area contributed by atoms with E-state index in [0.717, 1.165) is 25.7 Å². The zero-order valence-electron chi connectivity index (χ0n) is 14.4. The van der Waals surface area contributed by atoms with E-state index >= 15 is 0 Å². The number of aromatic nitrogens is 1. The molecule has 2 aromatic rings. The molecule has 5 rings (SSSR count). The predicted molar refractivity (Wildman–Crippen MR) is 97.3 cm³/mol. The van der Waals surface area contributed by atoms with Gasteiger partial charge in [0.15, 0.2) is 5.76 Å².